The number of hydrogen-bond acceptors (Lipinski definition) is 6. The zero-order valence-electron chi connectivity index (χ0n) is 14.7. The third-order valence-corrected chi connectivity index (χ3v) is 4.17. The molecular formula is C19H23NO5. The lowest BCUT2D eigenvalue weighted by Crippen LogP contribution is -2.23. The van der Waals surface area contributed by atoms with E-state index >= 15 is 0 Å². The largest absolute Gasteiger partial charge is 0.511 e. The van der Waals surface area contributed by atoms with Gasteiger partial charge in [0, 0.05) is 12.8 Å². The summed E-state index contributed by atoms with van der Waals surface area (Å²) in [5.41, 5.74) is 2.10. The number of aliphatic hydroxyl groups excluding tert-OH is 1. The Morgan fingerprint density at radius 1 is 1.24 bits per heavy atom. The van der Waals surface area contributed by atoms with E-state index in [2.05, 4.69) is 9.89 Å². The number of ether oxygens (including phenoxy) is 1. The van der Waals surface area contributed by atoms with Gasteiger partial charge in [0.2, 0.25) is 0 Å². The van der Waals surface area contributed by atoms with Crippen molar-refractivity contribution in [2.45, 2.75) is 39.0 Å². The molecule has 0 radical (unpaired) electrons. The maximum Gasteiger partial charge on any atom is 0.337 e. The van der Waals surface area contributed by atoms with Gasteiger partial charge in [-0.1, -0.05) is 24.2 Å². The van der Waals surface area contributed by atoms with Crippen molar-refractivity contribution in [2.75, 3.05) is 13.7 Å². The van der Waals surface area contributed by atoms with Crippen LogP contribution < -0.4 is 0 Å². The Labute approximate surface area is 147 Å². The summed E-state index contributed by atoms with van der Waals surface area (Å²) in [4.78, 5) is 29.1. The normalized spacial score (nSPS) is 18.3. The fraction of sp³-hybridized carbons (Fsp3) is 0.421. The maximum atomic E-state index is 12.5. The maximum absolute atomic E-state index is 12.5. The highest BCUT2D eigenvalue weighted by Crippen LogP contribution is 2.34. The van der Waals surface area contributed by atoms with E-state index in [-0.39, 0.29) is 29.5 Å². The van der Waals surface area contributed by atoms with E-state index in [1.165, 1.54) is 7.11 Å². The molecule has 1 N–H and O–H groups in total. The van der Waals surface area contributed by atoms with Gasteiger partial charge >= 0.3 is 5.97 Å². The van der Waals surface area contributed by atoms with Crippen molar-refractivity contribution in [3.8, 4) is 0 Å². The summed E-state index contributed by atoms with van der Waals surface area (Å²) in [5, 5.41) is 14.4. The number of carbonyl (C=O) groups excluding carboxylic acids is 2. The number of rotatable bonds is 6. The van der Waals surface area contributed by atoms with Crippen LogP contribution in [-0.2, 0) is 14.4 Å². The minimum atomic E-state index is -0.406. The number of aliphatic hydroxyl groups is 1. The van der Waals surface area contributed by atoms with Gasteiger partial charge in [0.25, 0.3) is 0 Å². The van der Waals surface area contributed by atoms with Crippen molar-refractivity contribution in [1.82, 2.24) is 0 Å². The highest BCUT2D eigenvalue weighted by Gasteiger charge is 2.31. The first-order chi connectivity index (χ1) is 12.0. The second kappa shape index (κ2) is 8.46. The van der Waals surface area contributed by atoms with Crippen molar-refractivity contribution in [3.05, 3.63) is 46.7 Å². The highest BCUT2D eigenvalue weighted by molar-refractivity contribution is 6.23. The highest BCUT2D eigenvalue weighted by atomic mass is 16.6. The van der Waals surface area contributed by atoms with Crippen molar-refractivity contribution in [1.29, 1.82) is 0 Å². The van der Waals surface area contributed by atoms with Crippen LogP contribution in [0.2, 0.25) is 0 Å². The van der Waals surface area contributed by atoms with E-state index in [0.29, 0.717) is 30.7 Å². The molecule has 0 saturated carbocycles. The lowest BCUT2D eigenvalue weighted by Gasteiger charge is -2.24. The molecule has 0 amide bonds. The Bertz CT molecular complexity index is 703. The number of oxime groups is 1. The summed E-state index contributed by atoms with van der Waals surface area (Å²) in [5.74, 6) is -0.645. The van der Waals surface area contributed by atoms with Crippen LogP contribution in [0.25, 0.3) is 0 Å². The van der Waals surface area contributed by atoms with Crippen LogP contribution in [-0.4, -0.2) is 36.3 Å². The lowest BCUT2D eigenvalue weighted by molar-refractivity contribution is -0.116. The van der Waals surface area contributed by atoms with E-state index in [1.807, 2.05) is 13.8 Å². The predicted molar refractivity (Wildman–Crippen MR) is 93.8 cm³/mol. The number of nitrogens with zero attached hydrogens (tertiary/aromatic N) is 1. The smallest absolute Gasteiger partial charge is 0.337 e. The zero-order valence-corrected chi connectivity index (χ0v) is 14.7. The lowest BCUT2D eigenvalue weighted by atomic mass is 9.81. The van der Waals surface area contributed by atoms with Crippen LogP contribution >= 0.6 is 0 Å². The van der Waals surface area contributed by atoms with Gasteiger partial charge in [-0.05, 0) is 37.0 Å². The standard InChI is InChI=1S/C19H23NO5/c1-4-15(20-25-5-2)18-16(21)10-14(11-17(18)22)12-6-8-13(9-7-12)19(23)24-3/h6-9,14,21H,4-5,10-11H2,1-3H3. The molecule has 0 fully saturated rings. The summed E-state index contributed by atoms with van der Waals surface area (Å²) in [6.45, 7) is 4.08. The van der Waals surface area contributed by atoms with Crippen LogP contribution in [0.5, 0.6) is 0 Å². The molecule has 0 aliphatic heterocycles. The molecule has 25 heavy (non-hydrogen) atoms. The molecule has 0 heterocycles. The first-order valence-corrected chi connectivity index (χ1v) is 8.34. The van der Waals surface area contributed by atoms with Crippen LogP contribution in [0.3, 0.4) is 0 Å². The SMILES string of the molecule is CCON=C(CC)C1=C(O)CC(c2ccc(C(=O)OC)cc2)CC1=O. The molecule has 1 aromatic rings. The molecule has 134 valence electrons. The van der Waals surface area contributed by atoms with E-state index < -0.39 is 5.97 Å². The third-order valence-electron chi connectivity index (χ3n) is 4.17. The van der Waals surface area contributed by atoms with Gasteiger partial charge in [-0.2, -0.15) is 0 Å². The Hall–Kier alpha value is -2.63. The van der Waals surface area contributed by atoms with Gasteiger partial charge in [-0.3, -0.25) is 4.79 Å². The van der Waals surface area contributed by atoms with Crippen LogP contribution in [0.4, 0.5) is 0 Å². The molecule has 0 aromatic heterocycles. The Balaban J connectivity index is 2.23. The van der Waals surface area contributed by atoms with Gasteiger partial charge in [0.1, 0.15) is 12.4 Å². The molecule has 1 aliphatic carbocycles. The molecule has 0 spiro atoms. The quantitative estimate of drug-likeness (QED) is 0.484. The van der Waals surface area contributed by atoms with Crippen molar-refractivity contribution >= 4 is 17.5 Å². The first-order valence-electron chi connectivity index (χ1n) is 8.34. The van der Waals surface area contributed by atoms with Crippen molar-refractivity contribution < 1.29 is 24.3 Å². The summed E-state index contributed by atoms with van der Waals surface area (Å²) < 4.78 is 4.68. The van der Waals surface area contributed by atoms with Gasteiger partial charge in [-0.25, -0.2) is 4.79 Å². The van der Waals surface area contributed by atoms with Gasteiger partial charge in [0.15, 0.2) is 5.78 Å². The van der Waals surface area contributed by atoms with Gasteiger partial charge in [0.05, 0.1) is 24.0 Å². The average Bonchev–Trinajstić information content (AvgIpc) is 2.63. The fourth-order valence-corrected chi connectivity index (χ4v) is 2.90. The Morgan fingerprint density at radius 3 is 2.44 bits per heavy atom. The van der Waals surface area contributed by atoms with Gasteiger partial charge < -0.3 is 14.7 Å². The molecule has 6 heteroatoms. The molecule has 1 aliphatic rings. The predicted octanol–water partition coefficient (Wildman–Crippen LogP) is 3.53. The number of hydrogen-bond donors (Lipinski definition) is 1. The van der Waals surface area contributed by atoms with Crippen LogP contribution in [0.1, 0.15) is 54.9 Å². The van der Waals surface area contributed by atoms with E-state index in [0.717, 1.165) is 5.56 Å². The summed E-state index contributed by atoms with van der Waals surface area (Å²) >= 11 is 0. The van der Waals surface area contributed by atoms with Crippen LogP contribution in [0.15, 0.2) is 40.8 Å². The topological polar surface area (TPSA) is 85.2 Å². The second-order valence-electron chi connectivity index (χ2n) is 5.77. The fourth-order valence-electron chi connectivity index (χ4n) is 2.90. The van der Waals surface area contributed by atoms with E-state index in [4.69, 9.17) is 4.84 Å². The third kappa shape index (κ3) is 4.26. The molecule has 1 atom stereocenters. The van der Waals surface area contributed by atoms with Crippen molar-refractivity contribution in [2.24, 2.45) is 5.16 Å². The number of esters is 1. The molecular weight excluding hydrogens is 322 g/mol. The minimum Gasteiger partial charge on any atom is -0.511 e. The van der Waals surface area contributed by atoms with Gasteiger partial charge in [-0.15, -0.1) is 0 Å². The molecule has 0 saturated heterocycles. The number of benzene rings is 1. The summed E-state index contributed by atoms with van der Waals surface area (Å²) in [6, 6.07) is 6.90. The van der Waals surface area contributed by atoms with Crippen LogP contribution in [0, 0.1) is 0 Å². The number of carbonyl (C=O) groups is 2. The molecule has 2 rings (SSSR count). The molecule has 6 nitrogen and oxygen atoms in total. The first kappa shape index (κ1) is 18.7. The average molecular weight is 345 g/mol. The summed E-state index contributed by atoms with van der Waals surface area (Å²) in [7, 11) is 1.33. The monoisotopic (exact) mass is 345 g/mol. The Morgan fingerprint density at radius 2 is 1.92 bits per heavy atom. The minimum absolute atomic E-state index is 0.0404. The number of allylic oxidation sites excluding steroid dienone is 2. The van der Waals surface area contributed by atoms with E-state index in [9.17, 15) is 14.7 Å². The van der Waals surface area contributed by atoms with E-state index in [1.54, 1.807) is 24.3 Å². The zero-order chi connectivity index (χ0) is 18.4. The number of ketones is 1. The summed E-state index contributed by atoms with van der Waals surface area (Å²) in [6.07, 6.45) is 1.13. The molecule has 0 bridgehead atoms. The number of methoxy groups -OCH3 is 1. The Kier molecular flexibility index (Phi) is 6.33. The molecule has 1 unspecified atom stereocenters. The number of Topliss-reactive ketones (excluding diaryl/α,β-unsaturated/α-hetero) is 1. The second-order valence-corrected chi connectivity index (χ2v) is 5.77. The molecule has 1 aromatic carbocycles. The van der Waals surface area contributed by atoms with Crippen molar-refractivity contribution in [3.63, 3.8) is 0 Å².